The van der Waals surface area contributed by atoms with E-state index in [9.17, 15) is 4.79 Å². The lowest BCUT2D eigenvalue weighted by atomic mass is 9.88. The Balaban J connectivity index is 1.30. The van der Waals surface area contributed by atoms with Crippen LogP contribution >= 0.6 is 11.8 Å². The molecule has 0 bridgehead atoms. The first-order valence-electron chi connectivity index (χ1n) is 15.3. The Morgan fingerprint density at radius 2 is 1.38 bits per heavy atom. The summed E-state index contributed by atoms with van der Waals surface area (Å²) in [5.74, 6) is 2.55. The van der Waals surface area contributed by atoms with Crippen molar-refractivity contribution in [2.24, 2.45) is 0 Å². The maximum Gasteiger partial charge on any atom is 0.245 e. The number of hydrogen-bond donors (Lipinski definition) is 2. The topological polar surface area (TPSA) is 70.2 Å². The molecule has 1 aromatic heterocycles. The Morgan fingerprint density at radius 3 is 2.02 bits per heavy atom. The van der Waals surface area contributed by atoms with Gasteiger partial charge < -0.3 is 15.5 Å². The predicted octanol–water partition coefficient (Wildman–Crippen LogP) is 7.40. The zero-order valence-electron chi connectivity index (χ0n) is 25.1. The summed E-state index contributed by atoms with van der Waals surface area (Å²) in [5, 5.41) is 8.25. The molecule has 4 aromatic rings. The van der Waals surface area contributed by atoms with Gasteiger partial charge in [-0.05, 0) is 61.1 Å². The largest absolute Gasteiger partial charge is 0.362 e. The van der Waals surface area contributed by atoms with Crippen molar-refractivity contribution < 1.29 is 4.79 Å². The van der Waals surface area contributed by atoms with E-state index in [1.165, 1.54) is 0 Å². The van der Waals surface area contributed by atoms with Crippen LogP contribution in [0.1, 0.15) is 63.0 Å². The van der Waals surface area contributed by atoms with E-state index in [1.807, 2.05) is 73.6 Å². The molecule has 7 heteroatoms. The Morgan fingerprint density at radius 1 is 0.810 bits per heavy atom. The first-order chi connectivity index (χ1) is 20.5. The summed E-state index contributed by atoms with van der Waals surface area (Å²) in [6.45, 7) is 2.13. The molecule has 1 fully saturated rings. The third-order valence-electron chi connectivity index (χ3n) is 8.18. The molecule has 42 heavy (non-hydrogen) atoms. The molecule has 1 unspecified atom stereocenters. The number of para-hydroxylation sites is 1. The van der Waals surface area contributed by atoms with Crippen LogP contribution in [0.4, 0.5) is 11.8 Å². The number of anilines is 2. The van der Waals surface area contributed by atoms with Gasteiger partial charge in [0.15, 0.2) is 0 Å². The molecule has 1 aliphatic carbocycles. The third-order valence-corrected chi connectivity index (χ3v) is 9.56. The summed E-state index contributed by atoms with van der Waals surface area (Å²) in [7, 11) is 4.05. The molecule has 0 saturated heterocycles. The van der Waals surface area contributed by atoms with Crippen LogP contribution in [0.3, 0.4) is 0 Å². The van der Waals surface area contributed by atoms with E-state index in [0.29, 0.717) is 12.0 Å². The first-order valence-corrected chi connectivity index (χ1v) is 16.3. The predicted molar refractivity (Wildman–Crippen MR) is 177 cm³/mol. The SMILES string of the molecule is CCSC(C(=O)N[C@@H]1CCCCC(Nc2nc(N(C)C)c3ccccc3n2)CCC1)(c1ccccc1)c1ccccc1. The van der Waals surface area contributed by atoms with Crippen LogP contribution < -0.4 is 15.5 Å². The molecule has 0 aliphatic heterocycles. The van der Waals surface area contributed by atoms with E-state index < -0.39 is 4.75 Å². The minimum absolute atomic E-state index is 0.0893. The van der Waals surface area contributed by atoms with Gasteiger partial charge in [0.2, 0.25) is 11.9 Å². The van der Waals surface area contributed by atoms with Crippen molar-refractivity contribution in [3.63, 3.8) is 0 Å². The summed E-state index contributed by atoms with van der Waals surface area (Å²) in [4.78, 5) is 26.1. The molecule has 0 spiro atoms. The monoisotopic (exact) mass is 581 g/mol. The molecule has 1 aliphatic rings. The van der Waals surface area contributed by atoms with Crippen molar-refractivity contribution >= 4 is 40.3 Å². The molecular weight excluding hydrogens is 538 g/mol. The van der Waals surface area contributed by atoms with E-state index in [2.05, 4.69) is 47.9 Å². The second-order valence-corrected chi connectivity index (χ2v) is 12.8. The smallest absolute Gasteiger partial charge is 0.245 e. The molecule has 2 N–H and O–H groups in total. The number of thioether (sulfide) groups is 1. The average molecular weight is 582 g/mol. The highest BCUT2D eigenvalue weighted by Gasteiger charge is 2.42. The van der Waals surface area contributed by atoms with Crippen molar-refractivity contribution in [2.75, 3.05) is 30.1 Å². The van der Waals surface area contributed by atoms with Crippen molar-refractivity contribution in [1.29, 1.82) is 0 Å². The zero-order chi connectivity index (χ0) is 29.4. The Labute approximate surface area is 254 Å². The third kappa shape index (κ3) is 6.73. The average Bonchev–Trinajstić information content (AvgIpc) is 3.12. The number of amides is 1. The number of nitrogens with one attached hydrogen (secondary N) is 2. The van der Waals surface area contributed by atoms with Gasteiger partial charge >= 0.3 is 0 Å². The normalized spacial score (nSPS) is 18.0. The minimum atomic E-state index is -0.780. The minimum Gasteiger partial charge on any atom is -0.362 e. The van der Waals surface area contributed by atoms with Gasteiger partial charge in [-0.1, -0.05) is 92.6 Å². The molecule has 1 saturated carbocycles. The molecule has 1 amide bonds. The fraction of sp³-hybridized carbons (Fsp3) is 0.400. The molecule has 3 aromatic carbocycles. The van der Waals surface area contributed by atoms with Crippen LogP contribution in [0.5, 0.6) is 0 Å². The highest BCUT2D eigenvalue weighted by Crippen LogP contribution is 2.43. The van der Waals surface area contributed by atoms with E-state index in [0.717, 1.165) is 78.5 Å². The van der Waals surface area contributed by atoms with Gasteiger partial charge in [-0.2, -0.15) is 4.98 Å². The van der Waals surface area contributed by atoms with Crippen LogP contribution in [0.15, 0.2) is 84.9 Å². The van der Waals surface area contributed by atoms with Crippen LogP contribution in [0.25, 0.3) is 10.9 Å². The van der Waals surface area contributed by atoms with Crippen LogP contribution in [0.2, 0.25) is 0 Å². The fourth-order valence-corrected chi connectivity index (χ4v) is 7.36. The number of nitrogens with zero attached hydrogens (tertiary/aromatic N) is 3. The summed E-state index contributed by atoms with van der Waals surface area (Å²) in [6, 6.07) is 29.1. The zero-order valence-corrected chi connectivity index (χ0v) is 25.9. The molecule has 220 valence electrons. The van der Waals surface area contributed by atoms with Crippen LogP contribution in [-0.4, -0.2) is 47.8 Å². The fourth-order valence-electron chi connectivity index (χ4n) is 6.13. The van der Waals surface area contributed by atoms with Crippen molar-refractivity contribution in [1.82, 2.24) is 15.3 Å². The summed E-state index contributed by atoms with van der Waals surface area (Å²) >= 11 is 1.71. The number of fused-ring (bicyclic) bond motifs is 1. The molecule has 2 atom stereocenters. The maximum atomic E-state index is 14.3. The van der Waals surface area contributed by atoms with E-state index >= 15 is 0 Å². The van der Waals surface area contributed by atoms with Gasteiger partial charge in [0.05, 0.1) is 5.52 Å². The number of carbonyl (C=O) groups is 1. The highest BCUT2D eigenvalue weighted by molar-refractivity contribution is 8.01. The lowest BCUT2D eigenvalue weighted by molar-refractivity contribution is -0.123. The second kappa shape index (κ2) is 14.1. The first kappa shape index (κ1) is 29.9. The Kier molecular flexibility index (Phi) is 10.0. The molecule has 5 rings (SSSR count). The summed E-state index contributed by atoms with van der Waals surface area (Å²) in [5.41, 5.74) is 3.01. The number of rotatable bonds is 9. The van der Waals surface area contributed by atoms with E-state index in [1.54, 1.807) is 11.8 Å². The van der Waals surface area contributed by atoms with Gasteiger partial charge in [-0.15, -0.1) is 11.8 Å². The summed E-state index contributed by atoms with van der Waals surface area (Å²) < 4.78 is -0.780. The standard InChI is InChI=1S/C35H43N5OS/c1-4-42-35(26-16-7-5-8-17-26,27-18-9-6-10-19-27)33(41)36-28-20-11-12-21-29(23-15-22-28)37-34-38-31-25-14-13-24-30(31)32(39-34)40(2)3/h5-10,13-14,16-19,24-25,28-29H,4,11-12,15,20-23H2,1-3H3,(H,36,41)(H,37,38,39)/t28-,29?/m1/s1. The molecular formula is C35H43N5OS. The van der Waals surface area contributed by atoms with Gasteiger partial charge in [-0.3, -0.25) is 4.79 Å². The summed E-state index contributed by atoms with van der Waals surface area (Å²) in [6.07, 6.45) is 7.25. The van der Waals surface area contributed by atoms with E-state index in [-0.39, 0.29) is 11.9 Å². The number of benzene rings is 3. The molecule has 6 nitrogen and oxygen atoms in total. The number of hydrogen-bond acceptors (Lipinski definition) is 6. The molecule has 1 heterocycles. The second-order valence-electron chi connectivity index (χ2n) is 11.4. The maximum absolute atomic E-state index is 14.3. The quantitative estimate of drug-likeness (QED) is 0.215. The molecule has 0 radical (unpaired) electrons. The lowest BCUT2D eigenvalue weighted by Crippen LogP contribution is -2.47. The number of carbonyl (C=O) groups excluding carboxylic acids is 1. The lowest BCUT2D eigenvalue weighted by Gasteiger charge is -2.34. The van der Waals surface area contributed by atoms with Crippen molar-refractivity contribution in [2.45, 2.75) is 68.7 Å². The Bertz CT molecular complexity index is 1410. The number of aromatic nitrogens is 2. The van der Waals surface area contributed by atoms with Crippen LogP contribution in [0, 0.1) is 0 Å². The van der Waals surface area contributed by atoms with Gasteiger partial charge in [0.25, 0.3) is 0 Å². The van der Waals surface area contributed by atoms with Gasteiger partial charge in [0, 0.05) is 31.6 Å². The van der Waals surface area contributed by atoms with Crippen molar-refractivity contribution in [3.8, 4) is 0 Å². The van der Waals surface area contributed by atoms with Crippen LogP contribution in [-0.2, 0) is 9.54 Å². The van der Waals surface area contributed by atoms with Gasteiger partial charge in [0.1, 0.15) is 10.6 Å². The highest BCUT2D eigenvalue weighted by atomic mass is 32.2. The van der Waals surface area contributed by atoms with Gasteiger partial charge in [-0.25, -0.2) is 4.98 Å². The van der Waals surface area contributed by atoms with E-state index in [4.69, 9.17) is 9.97 Å². The van der Waals surface area contributed by atoms with Crippen molar-refractivity contribution in [3.05, 3.63) is 96.1 Å². The Hall–Kier alpha value is -3.58.